The average molecular weight is 331 g/mol. The van der Waals surface area contributed by atoms with Crippen LogP contribution in [0.15, 0.2) is 24.3 Å². The van der Waals surface area contributed by atoms with Gasteiger partial charge in [0.2, 0.25) is 5.91 Å². The molecule has 1 aliphatic carbocycles. The number of hydrogen-bond acceptors (Lipinski definition) is 4. The highest BCUT2D eigenvalue weighted by atomic mass is 16.5. The van der Waals surface area contributed by atoms with Gasteiger partial charge in [-0.25, -0.2) is 0 Å². The highest BCUT2D eigenvalue weighted by Gasteiger charge is 2.42. The van der Waals surface area contributed by atoms with Gasteiger partial charge in [-0.2, -0.15) is 0 Å². The summed E-state index contributed by atoms with van der Waals surface area (Å²) in [7, 11) is 1.57. The first-order valence-corrected chi connectivity index (χ1v) is 8.52. The van der Waals surface area contributed by atoms with Crippen molar-refractivity contribution in [3.05, 3.63) is 29.8 Å². The first kappa shape index (κ1) is 16.8. The van der Waals surface area contributed by atoms with Crippen molar-refractivity contribution >= 4 is 11.8 Å². The molecule has 1 heterocycles. The molecule has 3 N–H and O–H groups in total. The van der Waals surface area contributed by atoms with Crippen molar-refractivity contribution in [1.82, 2.24) is 10.2 Å². The summed E-state index contributed by atoms with van der Waals surface area (Å²) in [6.07, 6.45) is 2.58. The second-order valence-electron chi connectivity index (χ2n) is 6.75. The third-order valence-electron chi connectivity index (χ3n) is 5.17. The van der Waals surface area contributed by atoms with Crippen LogP contribution in [0.4, 0.5) is 0 Å². The van der Waals surface area contributed by atoms with Gasteiger partial charge >= 0.3 is 0 Å². The Kier molecular flexibility index (Phi) is 5.04. The fourth-order valence-corrected chi connectivity index (χ4v) is 3.76. The number of fused-ring (bicyclic) bond motifs is 1. The van der Waals surface area contributed by atoms with Crippen LogP contribution in [0.1, 0.15) is 18.4 Å². The van der Waals surface area contributed by atoms with Crippen LogP contribution in [0.25, 0.3) is 0 Å². The fourth-order valence-electron chi connectivity index (χ4n) is 3.76. The second-order valence-corrected chi connectivity index (χ2v) is 6.75. The minimum Gasteiger partial charge on any atom is -0.484 e. The molecule has 1 saturated heterocycles. The SMILES string of the molecule is CNC(=O)COc1cccc(CC(=O)N2CC3CCC(N)C3C2)c1. The summed E-state index contributed by atoms with van der Waals surface area (Å²) in [5.41, 5.74) is 7.04. The number of nitrogens with one attached hydrogen (secondary N) is 1. The number of amides is 2. The van der Waals surface area contributed by atoms with Crippen molar-refractivity contribution in [1.29, 1.82) is 0 Å². The first-order valence-electron chi connectivity index (χ1n) is 8.52. The first-order chi connectivity index (χ1) is 11.6. The molecule has 1 saturated carbocycles. The summed E-state index contributed by atoms with van der Waals surface area (Å²) < 4.78 is 5.43. The molecule has 0 bridgehead atoms. The molecule has 2 aliphatic rings. The molecule has 3 atom stereocenters. The van der Waals surface area contributed by atoms with E-state index in [1.807, 2.05) is 23.1 Å². The maximum Gasteiger partial charge on any atom is 0.257 e. The van der Waals surface area contributed by atoms with Crippen LogP contribution in [-0.2, 0) is 16.0 Å². The molecule has 6 heteroatoms. The molecular weight excluding hydrogens is 306 g/mol. The molecule has 1 aromatic carbocycles. The third-order valence-corrected chi connectivity index (χ3v) is 5.17. The van der Waals surface area contributed by atoms with Gasteiger partial charge < -0.3 is 20.7 Å². The third kappa shape index (κ3) is 3.70. The molecule has 3 rings (SSSR count). The Morgan fingerprint density at radius 3 is 2.92 bits per heavy atom. The zero-order valence-corrected chi connectivity index (χ0v) is 14.0. The molecule has 0 spiro atoms. The molecule has 0 radical (unpaired) electrons. The Balaban J connectivity index is 1.56. The Hall–Kier alpha value is -2.08. The number of nitrogens with two attached hydrogens (primary N) is 1. The monoisotopic (exact) mass is 331 g/mol. The van der Waals surface area contributed by atoms with Crippen molar-refractivity contribution in [3.8, 4) is 5.75 Å². The standard InChI is InChI=1S/C18H25N3O3/c1-20-17(22)11-24-14-4-2-3-12(7-14)8-18(23)21-9-13-5-6-16(19)15(13)10-21/h2-4,7,13,15-16H,5-6,8-11,19H2,1H3,(H,20,22). The van der Waals surface area contributed by atoms with Crippen molar-refractivity contribution in [2.24, 2.45) is 17.6 Å². The molecule has 0 aromatic heterocycles. The Morgan fingerprint density at radius 1 is 1.33 bits per heavy atom. The lowest BCUT2D eigenvalue weighted by Gasteiger charge is -2.19. The van der Waals surface area contributed by atoms with Crippen LogP contribution in [0.5, 0.6) is 5.75 Å². The van der Waals surface area contributed by atoms with E-state index >= 15 is 0 Å². The van der Waals surface area contributed by atoms with Gasteiger partial charge in [0, 0.05) is 26.2 Å². The maximum atomic E-state index is 12.6. The van der Waals surface area contributed by atoms with E-state index in [2.05, 4.69) is 5.32 Å². The Bertz CT molecular complexity index is 619. The highest BCUT2D eigenvalue weighted by molar-refractivity contribution is 5.79. The van der Waals surface area contributed by atoms with E-state index in [0.717, 1.165) is 31.5 Å². The predicted molar refractivity (Wildman–Crippen MR) is 90.5 cm³/mol. The summed E-state index contributed by atoms with van der Waals surface area (Å²) in [5, 5.41) is 2.51. The molecule has 3 unspecified atom stereocenters. The van der Waals surface area contributed by atoms with Gasteiger partial charge in [-0.15, -0.1) is 0 Å². The molecule has 2 fully saturated rings. The molecule has 2 amide bonds. The second kappa shape index (κ2) is 7.21. The number of rotatable bonds is 5. The highest BCUT2D eigenvalue weighted by Crippen LogP contribution is 2.37. The van der Waals surface area contributed by atoms with Crippen LogP contribution < -0.4 is 15.8 Å². The largest absolute Gasteiger partial charge is 0.484 e. The van der Waals surface area contributed by atoms with Crippen LogP contribution >= 0.6 is 0 Å². The lowest BCUT2D eigenvalue weighted by Crippen LogP contribution is -2.34. The van der Waals surface area contributed by atoms with E-state index in [0.29, 0.717) is 24.0 Å². The molecule has 130 valence electrons. The van der Waals surface area contributed by atoms with Crippen molar-refractivity contribution in [2.45, 2.75) is 25.3 Å². The molecule has 6 nitrogen and oxygen atoms in total. The Morgan fingerprint density at radius 2 is 2.17 bits per heavy atom. The maximum absolute atomic E-state index is 12.6. The van der Waals surface area contributed by atoms with E-state index < -0.39 is 0 Å². The van der Waals surface area contributed by atoms with E-state index in [9.17, 15) is 9.59 Å². The number of likely N-dealkylation sites (tertiary alicyclic amines) is 1. The smallest absolute Gasteiger partial charge is 0.257 e. The van der Waals surface area contributed by atoms with Gasteiger partial charge in [-0.1, -0.05) is 12.1 Å². The molecule has 24 heavy (non-hydrogen) atoms. The summed E-state index contributed by atoms with van der Waals surface area (Å²) in [5.74, 6) is 1.60. The lowest BCUT2D eigenvalue weighted by atomic mass is 9.98. The summed E-state index contributed by atoms with van der Waals surface area (Å²) in [4.78, 5) is 25.7. The van der Waals surface area contributed by atoms with Crippen LogP contribution in [0.2, 0.25) is 0 Å². The zero-order valence-electron chi connectivity index (χ0n) is 14.0. The Labute approximate surface area is 142 Å². The van der Waals surface area contributed by atoms with E-state index in [4.69, 9.17) is 10.5 Å². The van der Waals surface area contributed by atoms with Crippen molar-refractivity contribution in [2.75, 3.05) is 26.7 Å². The summed E-state index contributed by atoms with van der Waals surface area (Å²) in [6, 6.07) is 7.61. The summed E-state index contributed by atoms with van der Waals surface area (Å²) >= 11 is 0. The predicted octanol–water partition coefficient (Wildman–Crippen LogP) is 0.550. The quantitative estimate of drug-likeness (QED) is 0.825. The zero-order chi connectivity index (χ0) is 17.1. The van der Waals surface area contributed by atoms with Gasteiger partial charge in [0.15, 0.2) is 6.61 Å². The van der Waals surface area contributed by atoms with Crippen LogP contribution in [0.3, 0.4) is 0 Å². The van der Waals surface area contributed by atoms with Gasteiger partial charge in [-0.05, 0) is 42.4 Å². The van der Waals surface area contributed by atoms with E-state index in [1.165, 1.54) is 0 Å². The van der Waals surface area contributed by atoms with Crippen molar-refractivity contribution < 1.29 is 14.3 Å². The lowest BCUT2D eigenvalue weighted by molar-refractivity contribution is -0.129. The van der Waals surface area contributed by atoms with Gasteiger partial charge in [0.05, 0.1) is 6.42 Å². The van der Waals surface area contributed by atoms with E-state index in [-0.39, 0.29) is 24.5 Å². The minimum absolute atomic E-state index is 0.0265. The van der Waals surface area contributed by atoms with E-state index in [1.54, 1.807) is 13.1 Å². The topological polar surface area (TPSA) is 84.7 Å². The number of benzene rings is 1. The number of carbonyl (C=O) groups is 2. The van der Waals surface area contributed by atoms with Crippen molar-refractivity contribution in [3.63, 3.8) is 0 Å². The average Bonchev–Trinajstić information content (AvgIpc) is 3.15. The van der Waals surface area contributed by atoms with Crippen LogP contribution in [0, 0.1) is 11.8 Å². The number of nitrogens with zero attached hydrogens (tertiary/aromatic N) is 1. The number of hydrogen-bond donors (Lipinski definition) is 2. The number of ether oxygens (including phenoxy) is 1. The summed E-state index contributed by atoms with van der Waals surface area (Å²) in [6.45, 7) is 1.60. The normalized spacial score (nSPS) is 25.4. The molecular formula is C18H25N3O3. The minimum atomic E-state index is -0.184. The van der Waals surface area contributed by atoms with Crippen LogP contribution in [-0.4, -0.2) is 49.5 Å². The van der Waals surface area contributed by atoms with Gasteiger partial charge in [0.25, 0.3) is 5.91 Å². The number of likely N-dealkylation sites (N-methyl/N-ethyl adjacent to an activating group) is 1. The van der Waals surface area contributed by atoms with Gasteiger partial charge in [0.1, 0.15) is 5.75 Å². The number of carbonyl (C=O) groups excluding carboxylic acids is 2. The molecule has 1 aromatic rings. The molecule has 1 aliphatic heterocycles. The fraction of sp³-hybridized carbons (Fsp3) is 0.556. The van der Waals surface area contributed by atoms with Gasteiger partial charge in [-0.3, -0.25) is 9.59 Å².